The molecule has 0 saturated heterocycles. The van der Waals surface area contributed by atoms with Gasteiger partial charge in [0.1, 0.15) is 0 Å². The van der Waals surface area contributed by atoms with E-state index in [-0.39, 0.29) is 0 Å². The number of ether oxygens (including phenoxy) is 1. The minimum atomic E-state index is 0.480. The van der Waals surface area contributed by atoms with Crippen LogP contribution in [0.25, 0.3) is 5.69 Å². The van der Waals surface area contributed by atoms with Crippen molar-refractivity contribution in [1.29, 1.82) is 0 Å². The summed E-state index contributed by atoms with van der Waals surface area (Å²) in [4.78, 5) is 0. The van der Waals surface area contributed by atoms with E-state index in [2.05, 4.69) is 41.6 Å². The lowest BCUT2D eigenvalue weighted by Gasteiger charge is -2.10. The molecule has 0 spiro atoms. The highest BCUT2D eigenvalue weighted by atomic mass is 16.5. The Balaban J connectivity index is 1.82. The van der Waals surface area contributed by atoms with Crippen LogP contribution in [0.5, 0.6) is 5.88 Å². The van der Waals surface area contributed by atoms with Crippen LogP contribution in [-0.4, -0.2) is 22.0 Å². The summed E-state index contributed by atoms with van der Waals surface area (Å²) in [6.45, 7) is 4.74. The van der Waals surface area contributed by atoms with Gasteiger partial charge in [-0.15, -0.1) is 0 Å². The standard InChI is InChI=1S/C17H20N4O2/c1-4-15-14(18-10-13-9-17(22-3)20-23-13)11-19-21(15)16-8-6-5-7-12(16)2/h5-9,11,18H,4,10H2,1-3H3. The summed E-state index contributed by atoms with van der Waals surface area (Å²) in [6, 6.07) is 9.99. The predicted molar refractivity (Wildman–Crippen MR) is 88.1 cm³/mol. The Hall–Kier alpha value is -2.76. The van der Waals surface area contributed by atoms with Crippen molar-refractivity contribution in [3.05, 3.63) is 53.5 Å². The SMILES string of the molecule is CCc1c(NCc2cc(OC)no2)cnn1-c1ccccc1C. The van der Waals surface area contributed by atoms with Gasteiger partial charge in [0.25, 0.3) is 5.88 Å². The van der Waals surface area contributed by atoms with Crippen molar-refractivity contribution >= 4 is 5.69 Å². The number of para-hydroxylation sites is 1. The summed E-state index contributed by atoms with van der Waals surface area (Å²) in [5.41, 5.74) is 4.41. The molecule has 0 atom stereocenters. The summed E-state index contributed by atoms with van der Waals surface area (Å²) in [5.74, 6) is 1.20. The molecule has 0 saturated carbocycles. The number of benzene rings is 1. The molecule has 6 nitrogen and oxygen atoms in total. The Labute approximate surface area is 135 Å². The molecule has 3 aromatic rings. The van der Waals surface area contributed by atoms with E-state index in [1.165, 1.54) is 5.56 Å². The number of nitrogens with one attached hydrogen (secondary N) is 1. The molecule has 0 aliphatic carbocycles. The molecule has 0 unspecified atom stereocenters. The average Bonchev–Trinajstić information content (AvgIpc) is 3.19. The van der Waals surface area contributed by atoms with E-state index in [9.17, 15) is 0 Å². The van der Waals surface area contributed by atoms with Gasteiger partial charge < -0.3 is 14.6 Å². The first-order chi connectivity index (χ1) is 11.2. The first-order valence-electron chi connectivity index (χ1n) is 7.59. The van der Waals surface area contributed by atoms with Gasteiger partial charge in [-0.1, -0.05) is 25.1 Å². The Morgan fingerprint density at radius 3 is 2.83 bits per heavy atom. The van der Waals surface area contributed by atoms with Crippen molar-refractivity contribution in [2.45, 2.75) is 26.8 Å². The van der Waals surface area contributed by atoms with E-state index < -0.39 is 0 Å². The molecular weight excluding hydrogens is 292 g/mol. The van der Waals surface area contributed by atoms with E-state index in [0.29, 0.717) is 18.2 Å². The highest BCUT2D eigenvalue weighted by Crippen LogP contribution is 2.23. The maximum atomic E-state index is 5.20. The zero-order valence-corrected chi connectivity index (χ0v) is 13.5. The first kappa shape index (κ1) is 15.1. The molecule has 120 valence electrons. The number of hydrogen-bond acceptors (Lipinski definition) is 5. The van der Waals surface area contributed by atoms with Gasteiger partial charge in [0.15, 0.2) is 5.76 Å². The van der Waals surface area contributed by atoms with Crippen molar-refractivity contribution in [1.82, 2.24) is 14.9 Å². The van der Waals surface area contributed by atoms with Gasteiger partial charge in [-0.25, -0.2) is 4.68 Å². The quantitative estimate of drug-likeness (QED) is 0.756. The number of rotatable bonds is 6. The van der Waals surface area contributed by atoms with E-state index in [0.717, 1.165) is 23.5 Å². The maximum Gasteiger partial charge on any atom is 0.254 e. The molecule has 0 fully saturated rings. The molecule has 6 heteroatoms. The zero-order chi connectivity index (χ0) is 16.2. The number of nitrogens with zero attached hydrogens (tertiary/aromatic N) is 3. The second-order valence-corrected chi connectivity index (χ2v) is 5.25. The number of hydrogen-bond donors (Lipinski definition) is 1. The van der Waals surface area contributed by atoms with Crippen LogP contribution >= 0.6 is 0 Å². The van der Waals surface area contributed by atoms with Crippen LogP contribution in [0, 0.1) is 6.92 Å². The van der Waals surface area contributed by atoms with Crippen LogP contribution in [-0.2, 0) is 13.0 Å². The van der Waals surface area contributed by atoms with Gasteiger partial charge in [-0.3, -0.25) is 0 Å². The van der Waals surface area contributed by atoms with Crippen molar-refractivity contribution in [2.75, 3.05) is 12.4 Å². The Kier molecular flexibility index (Phi) is 4.32. The normalized spacial score (nSPS) is 10.7. The van der Waals surface area contributed by atoms with Gasteiger partial charge >= 0.3 is 0 Å². The molecule has 1 N–H and O–H groups in total. The molecule has 0 radical (unpaired) electrons. The third kappa shape index (κ3) is 3.06. The summed E-state index contributed by atoms with van der Waals surface area (Å²) >= 11 is 0. The number of aromatic nitrogens is 3. The smallest absolute Gasteiger partial charge is 0.254 e. The molecule has 0 aliphatic rings. The van der Waals surface area contributed by atoms with Gasteiger partial charge in [0.2, 0.25) is 0 Å². The van der Waals surface area contributed by atoms with Crippen molar-refractivity contribution in [3.8, 4) is 11.6 Å². The topological polar surface area (TPSA) is 65.1 Å². The molecule has 0 amide bonds. The first-order valence-corrected chi connectivity index (χ1v) is 7.59. The summed E-state index contributed by atoms with van der Waals surface area (Å²) < 4.78 is 12.2. The van der Waals surface area contributed by atoms with E-state index >= 15 is 0 Å². The largest absolute Gasteiger partial charge is 0.479 e. The van der Waals surface area contributed by atoms with Crippen LogP contribution in [0.4, 0.5) is 5.69 Å². The fourth-order valence-electron chi connectivity index (χ4n) is 2.53. The maximum absolute atomic E-state index is 5.20. The Morgan fingerprint density at radius 1 is 1.30 bits per heavy atom. The van der Waals surface area contributed by atoms with Gasteiger partial charge in [-0.05, 0) is 30.1 Å². The molecule has 0 aliphatic heterocycles. The zero-order valence-electron chi connectivity index (χ0n) is 13.5. The molecular formula is C17H20N4O2. The molecule has 23 heavy (non-hydrogen) atoms. The molecule has 0 bridgehead atoms. The molecule has 1 aromatic carbocycles. The van der Waals surface area contributed by atoms with Crippen LogP contribution in [0.1, 0.15) is 23.9 Å². The van der Waals surface area contributed by atoms with Crippen molar-refractivity contribution in [2.24, 2.45) is 0 Å². The number of anilines is 1. The predicted octanol–water partition coefficient (Wildman–Crippen LogP) is 3.35. The lowest BCUT2D eigenvalue weighted by Crippen LogP contribution is -2.05. The lowest BCUT2D eigenvalue weighted by atomic mass is 10.2. The van der Waals surface area contributed by atoms with Gasteiger partial charge in [-0.2, -0.15) is 5.10 Å². The molecule has 3 rings (SSSR count). The average molecular weight is 312 g/mol. The number of aryl methyl sites for hydroxylation is 1. The van der Waals surface area contributed by atoms with Crippen molar-refractivity contribution in [3.63, 3.8) is 0 Å². The highest BCUT2D eigenvalue weighted by molar-refractivity contribution is 5.52. The van der Waals surface area contributed by atoms with Crippen LogP contribution < -0.4 is 10.1 Å². The second-order valence-electron chi connectivity index (χ2n) is 5.25. The summed E-state index contributed by atoms with van der Waals surface area (Å²) in [5, 5.41) is 11.7. The van der Waals surface area contributed by atoms with E-state index in [4.69, 9.17) is 9.26 Å². The van der Waals surface area contributed by atoms with E-state index in [1.54, 1.807) is 13.2 Å². The van der Waals surface area contributed by atoms with Crippen LogP contribution in [0.3, 0.4) is 0 Å². The number of methoxy groups -OCH3 is 1. The molecule has 2 aromatic heterocycles. The van der Waals surface area contributed by atoms with E-state index in [1.807, 2.05) is 23.0 Å². The minimum absolute atomic E-state index is 0.480. The molecule has 2 heterocycles. The monoisotopic (exact) mass is 312 g/mol. The highest BCUT2D eigenvalue weighted by Gasteiger charge is 2.13. The Morgan fingerprint density at radius 2 is 2.13 bits per heavy atom. The van der Waals surface area contributed by atoms with Crippen LogP contribution in [0.15, 0.2) is 41.1 Å². The lowest BCUT2D eigenvalue weighted by molar-refractivity contribution is 0.328. The third-order valence-electron chi connectivity index (χ3n) is 3.75. The summed E-state index contributed by atoms with van der Waals surface area (Å²) in [7, 11) is 1.57. The van der Waals surface area contributed by atoms with Gasteiger partial charge in [0, 0.05) is 6.07 Å². The summed E-state index contributed by atoms with van der Waals surface area (Å²) in [6.07, 6.45) is 2.72. The fourth-order valence-corrected chi connectivity index (χ4v) is 2.53. The minimum Gasteiger partial charge on any atom is -0.479 e. The van der Waals surface area contributed by atoms with Crippen molar-refractivity contribution < 1.29 is 9.26 Å². The third-order valence-corrected chi connectivity index (χ3v) is 3.75. The van der Waals surface area contributed by atoms with Gasteiger partial charge in [0.05, 0.1) is 36.9 Å². The van der Waals surface area contributed by atoms with Crippen LogP contribution in [0.2, 0.25) is 0 Å². The Bertz CT molecular complexity index is 791. The fraction of sp³-hybridized carbons (Fsp3) is 0.294. The second kappa shape index (κ2) is 6.56.